The minimum Gasteiger partial charge on any atom is -0.405 e. The fourth-order valence-electron chi connectivity index (χ4n) is 2.32. The number of hydrogen-bond acceptors (Lipinski definition) is 3. The van der Waals surface area contributed by atoms with Crippen LogP contribution in [0.4, 0.5) is 13.2 Å². The lowest BCUT2D eigenvalue weighted by Gasteiger charge is -2.37. The van der Waals surface area contributed by atoms with Crippen LogP contribution in [0.25, 0.3) is 0 Å². The van der Waals surface area contributed by atoms with E-state index in [4.69, 9.17) is 0 Å². The minimum atomic E-state index is -4.75. The molecule has 3 nitrogen and oxygen atoms in total. The lowest BCUT2D eigenvalue weighted by molar-refractivity contribution is -0.275. The third-order valence-corrected chi connectivity index (χ3v) is 3.43. The zero-order valence-electron chi connectivity index (χ0n) is 10.6. The maximum absolute atomic E-state index is 12.4. The number of aliphatic hydroxyl groups is 1. The molecule has 106 valence electrons. The summed E-state index contributed by atoms with van der Waals surface area (Å²) in [6.07, 6.45) is -3.97. The van der Waals surface area contributed by atoms with Gasteiger partial charge in [-0.15, -0.1) is 13.2 Å². The minimum absolute atomic E-state index is 0.209. The Labute approximate surface area is 109 Å². The summed E-state index contributed by atoms with van der Waals surface area (Å²) in [5.74, 6) is -0.318. The molecule has 0 aromatic heterocycles. The Bertz CT molecular complexity index is 440. The molecule has 1 saturated heterocycles. The van der Waals surface area contributed by atoms with Gasteiger partial charge in [-0.2, -0.15) is 0 Å². The quantitative estimate of drug-likeness (QED) is 0.900. The monoisotopic (exact) mass is 275 g/mol. The Morgan fingerprint density at radius 1 is 1.21 bits per heavy atom. The van der Waals surface area contributed by atoms with E-state index in [1.54, 1.807) is 6.07 Å². The lowest BCUT2D eigenvalue weighted by Crippen LogP contribution is -2.41. The van der Waals surface area contributed by atoms with Gasteiger partial charge in [0.15, 0.2) is 0 Å². The second-order valence-electron chi connectivity index (χ2n) is 4.88. The van der Waals surface area contributed by atoms with Crippen molar-refractivity contribution in [3.63, 3.8) is 0 Å². The van der Waals surface area contributed by atoms with Gasteiger partial charge in [-0.05, 0) is 26.0 Å². The van der Waals surface area contributed by atoms with E-state index in [9.17, 15) is 18.3 Å². The van der Waals surface area contributed by atoms with Crippen LogP contribution in [0.1, 0.15) is 18.4 Å². The fraction of sp³-hybridized carbons (Fsp3) is 0.538. The predicted molar refractivity (Wildman–Crippen MR) is 63.8 cm³/mol. The third kappa shape index (κ3) is 3.39. The highest BCUT2D eigenvalue weighted by molar-refractivity contribution is 5.38. The molecule has 1 heterocycles. The molecular weight excluding hydrogens is 259 g/mol. The molecule has 0 amide bonds. The average Bonchev–Trinajstić information content (AvgIpc) is 2.32. The Morgan fingerprint density at radius 3 is 2.37 bits per heavy atom. The summed E-state index contributed by atoms with van der Waals surface area (Å²) in [6.45, 7) is 1.27. The first kappa shape index (κ1) is 14.1. The second kappa shape index (κ2) is 5.02. The molecule has 1 N–H and O–H groups in total. The zero-order valence-corrected chi connectivity index (χ0v) is 10.6. The Kier molecular flexibility index (Phi) is 3.73. The van der Waals surface area contributed by atoms with Gasteiger partial charge in [-0.25, -0.2) is 0 Å². The number of alkyl halides is 3. The largest absolute Gasteiger partial charge is 0.573 e. The lowest BCUT2D eigenvalue weighted by atomic mass is 9.84. The second-order valence-corrected chi connectivity index (χ2v) is 4.88. The summed E-state index contributed by atoms with van der Waals surface area (Å²) in [4.78, 5) is 2.03. The van der Waals surface area contributed by atoms with Crippen molar-refractivity contribution in [1.82, 2.24) is 4.90 Å². The van der Waals surface area contributed by atoms with Crippen molar-refractivity contribution in [2.75, 3.05) is 20.1 Å². The fourth-order valence-corrected chi connectivity index (χ4v) is 2.32. The molecule has 1 aromatic rings. The number of halogens is 3. The molecule has 1 aliphatic heterocycles. The van der Waals surface area contributed by atoms with Gasteiger partial charge in [-0.1, -0.05) is 18.2 Å². The highest BCUT2D eigenvalue weighted by Gasteiger charge is 2.38. The van der Waals surface area contributed by atoms with Crippen molar-refractivity contribution >= 4 is 0 Å². The molecule has 0 unspecified atom stereocenters. The van der Waals surface area contributed by atoms with Crippen molar-refractivity contribution in [3.05, 3.63) is 29.8 Å². The molecule has 19 heavy (non-hydrogen) atoms. The van der Waals surface area contributed by atoms with Gasteiger partial charge in [0.05, 0.1) is 5.60 Å². The third-order valence-electron chi connectivity index (χ3n) is 3.43. The van der Waals surface area contributed by atoms with Crippen molar-refractivity contribution in [3.8, 4) is 5.75 Å². The Hall–Kier alpha value is -1.27. The van der Waals surface area contributed by atoms with E-state index >= 15 is 0 Å². The molecule has 0 aliphatic carbocycles. The van der Waals surface area contributed by atoms with Crippen molar-refractivity contribution < 1.29 is 23.0 Å². The molecular formula is C13H16F3NO2. The summed E-state index contributed by atoms with van der Waals surface area (Å²) in [5, 5.41) is 10.6. The molecule has 0 bridgehead atoms. The van der Waals surface area contributed by atoms with Crippen molar-refractivity contribution in [2.45, 2.75) is 24.8 Å². The molecule has 0 spiro atoms. The number of para-hydroxylation sites is 1. The number of ether oxygens (including phenoxy) is 1. The molecule has 2 rings (SSSR count). The van der Waals surface area contributed by atoms with E-state index in [0.29, 0.717) is 25.9 Å². The summed E-state index contributed by atoms with van der Waals surface area (Å²) in [7, 11) is 1.91. The van der Waals surface area contributed by atoms with Crippen LogP contribution in [-0.4, -0.2) is 36.5 Å². The van der Waals surface area contributed by atoms with Crippen LogP contribution in [0.3, 0.4) is 0 Å². The molecule has 1 aliphatic rings. The van der Waals surface area contributed by atoms with Gasteiger partial charge >= 0.3 is 6.36 Å². The first-order valence-corrected chi connectivity index (χ1v) is 6.06. The zero-order chi connectivity index (χ0) is 14.1. The van der Waals surface area contributed by atoms with Gasteiger partial charge in [-0.3, -0.25) is 0 Å². The van der Waals surface area contributed by atoms with E-state index < -0.39 is 12.0 Å². The average molecular weight is 275 g/mol. The number of benzene rings is 1. The highest BCUT2D eigenvalue weighted by atomic mass is 19.4. The Balaban J connectivity index is 2.29. The van der Waals surface area contributed by atoms with Crippen LogP contribution >= 0.6 is 0 Å². The number of likely N-dealkylation sites (tertiary alicyclic amines) is 1. The summed E-state index contributed by atoms with van der Waals surface area (Å²) < 4.78 is 41.1. The summed E-state index contributed by atoms with van der Waals surface area (Å²) >= 11 is 0. The highest BCUT2D eigenvalue weighted by Crippen LogP contribution is 2.39. The molecule has 6 heteroatoms. The van der Waals surface area contributed by atoms with Crippen LogP contribution in [0.5, 0.6) is 5.75 Å². The maximum atomic E-state index is 12.4. The van der Waals surface area contributed by atoms with Crippen LogP contribution in [0.15, 0.2) is 24.3 Å². The molecule has 1 fully saturated rings. The number of nitrogens with zero attached hydrogens (tertiary/aromatic N) is 1. The van der Waals surface area contributed by atoms with E-state index in [1.807, 2.05) is 11.9 Å². The van der Waals surface area contributed by atoms with Gasteiger partial charge in [0.1, 0.15) is 5.75 Å². The van der Waals surface area contributed by atoms with Gasteiger partial charge < -0.3 is 14.7 Å². The standard InChI is InChI=1S/C13H16F3NO2/c1-17-8-6-12(18,7-9-17)10-4-2-3-5-11(10)19-13(14,15)16/h2-5,18H,6-9H2,1H3. The van der Waals surface area contributed by atoms with Gasteiger partial charge in [0, 0.05) is 18.7 Å². The summed E-state index contributed by atoms with van der Waals surface area (Å²) in [6, 6.07) is 5.79. The van der Waals surface area contributed by atoms with Crippen LogP contribution in [0.2, 0.25) is 0 Å². The number of rotatable bonds is 2. The normalized spacial score (nSPS) is 20.3. The first-order valence-electron chi connectivity index (χ1n) is 6.06. The van der Waals surface area contributed by atoms with E-state index in [-0.39, 0.29) is 11.3 Å². The van der Waals surface area contributed by atoms with Crippen LogP contribution < -0.4 is 4.74 Å². The van der Waals surface area contributed by atoms with E-state index in [2.05, 4.69) is 4.74 Å². The SMILES string of the molecule is CN1CCC(O)(c2ccccc2OC(F)(F)F)CC1. The topological polar surface area (TPSA) is 32.7 Å². The van der Waals surface area contributed by atoms with Crippen molar-refractivity contribution in [1.29, 1.82) is 0 Å². The molecule has 1 aromatic carbocycles. The number of piperidine rings is 1. The number of hydrogen-bond donors (Lipinski definition) is 1. The first-order chi connectivity index (χ1) is 8.80. The van der Waals surface area contributed by atoms with Gasteiger partial charge in [0.25, 0.3) is 0 Å². The smallest absolute Gasteiger partial charge is 0.405 e. The summed E-state index contributed by atoms with van der Waals surface area (Å²) in [5.41, 5.74) is -1.05. The van der Waals surface area contributed by atoms with E-state index in [1.165, 1.54) is 18.2 Å². The molecule has 0 saturated carbocycles. The van der Waals surface area contributed by atoms with Crippen LogP contribution in [-0.2, 0) is 5.60 Å². The predicted octanol–water partition coefficient (Wildman–Crippen LogP) is 2.50. The Morgan fingerprint density at radius 2 is 1.79 bits per heavy atom. The van der Waals surface area contributed by atoms with Crippen LogP contribution in [0, 0.1) is 0 Å². The van der Waals surface area contributed by atoms with E-state index in [0.717, 1.165) is 0 Å². The van der Waals surface area contributed by atoms with Crippen molar-refractivity contribution in [2.24, 2.45) is 0 Å². The molecule has 0 radical (unpaired) electrons. The maximum Gasteiger partial charge on any atom is 0.573 e. The van der Waals surface area contributed by atoms with Gasteiger partial charge in [0.2, 0.25) is 0 Å². The molecule has 0 atom stereocenters.